The molecule has 16 nitrogen and oxygen atoms in total. The van der Waals surface area contributed by atoms with Crippen LogP contribution in [0.2, 0.25) is 0 Å². The van der Waals surface area contributed by atoms with Gasteiger partial charge in [-0.25, -0.2) is 0 Å². The number of thioether (sulfide) groups is 1. The van der Waals surface area contributed by atoms with E-state index in [9.17, 15) is 4.79 Å². The number of carbonyl (C=O) groups is 1. The molecule has 0 spiro atoms. The lowest BCUT2D eigenvalue weighted by molar-refractivity contribution is 0.0310. The fourth-order valence-electron chi connectivity index (χ4n) is 9.28. The van der Waals surface area contributed by atoms with Crippen LogP contribution in [0, 0.1) is 0 Å². The second kappa shape index (κ2) is 26.3. The maximum absolute atomic E-state index is 13.8. The van der Waals surface area contributed by atoms with Gasteiger partial charge in [-0.1, -0.05) is 23.3 Å². The van der Waals surface area contributed by atoms with Crippen LogP contribution in [0.15, 0.2) is 69.7 Å². The fourth-order valence-corrected chi connectivity index (χ4v) is 9.63. The molecule has 0 aliphatic carbocycles. The summed E-state index contributed by atoms with van der Waals surface area (Å²) in [7, 11) is 9.54. The highest BCUT2D eigenvalue weighted by Crippen LogP contribution is 2.41. The Morgan fingerprint density at radius 2 is 1.31 bits per heavy atom. The molecule has 0 radical (unpaired) electrons. The van der Waals surface area contributed by atoms with Gasteiger partial charge in [0, 0.05) is 106 Å². The topological polar surface area (TPSA) is 135 Å². The van der Waals surface area contributed by atoms with Crippen molar-refractivity contribution >= 4 is 41.5 Å². The van der Waals surface area contributed by atoms with Gasteiger partial charge in [0.1, 0.15) is 25.6 Å². The van der Waals surface area contributed by atoms with Gasteiger partial charge in [-0.05, 0) is 85.6 Å². The minimum atomic E-state index is -0.0918. The normalized spacial score (nSPS) is 18.7. The standard InChI is InChI=1S/C55H78N8O8S/c1-11-39-23-44-31-56-48-29-52(50(65-8)25-41(48)35-62(44)33-39)70-36-42-26-46(69-20-17-61(14-13-59(5)6)16-19-68-22-21-67-18-15-60(7)38-55(3,4)72-10)27-43(58-42)37-71-53-30-49-47(28-51(53)66-9)54(64)63-34-40(12-2)24-45(63)32-57-49/h11-12,25-32,44-45H,13-24,33-38H2,1-10H3. The average Bonchev–Trinajstić information content (AvgIpc) is 3.91. The zero-order chi connectivity index (χ0) is 51.2. The third kappa shape index (κ3) is 15.0. The number of allylic oxidation sites excluding steroid dienone is 2. The number of hydrogen-bond donors (Lipinski definition) is 0. The van der Waals surface area contributed by atoms with E-state index in [1.54, 1.807) is 26.4 Å². The summed E-state index contributed by atoms with van der Waals surface area (Å²) in [6.45, 7) is 19.1. The van der Waals surface area contributed by atoms with E-state index in [1.165, 1.54) is 11.1 Å². The van der Waals surface area contributed by atoms with Crippen molar-refractivity contribution in [3.05, 3.63) is 82.2 Å². The van der Waals surface area contributed by atoms with Gasteiger partial charge < -0.3 is 47.9 Å². The molecule has 5 heterocycles. The predicted molar refractivity (Wildman–Crippen MR) is 288 cm³/mol. The Balaban J connectivity index is 1.03. The number of pyridine rings is 1. The molecule has 2 fully saturated rings. The molecule has 2 saturated heterocycles. The molecule has 2 unspecified atom stereocenters. The minimum absolute atomic E-state index is 0.0787. The molecule has 4 aliphatic rings. The summed E-state index contributed by atoms with van der Waals surface area (Å²) in [5, 5.41) is 0. The van der Waals surface area contributed by atoms with Crippen LogP contribution >= 0.6 is 11.8 Å². The molecule has 1 amide bonds. The van der Waals surface area contributed by atoms with Crippen molar-refractivity contribution in [1.29, 1.82) is 0 Å². The highest BCUT2D eigenvalue weighted by Gasteiger charge is 2.35. The Morgan fingerprint density at radius 1 is 0.694 bits per heavy atom. The zero-order valence-electron chi connectivity index (χ0n) is 44.4. The smallest absolute Gasteiger partial charge is 0.257 e. The molecule has 2 aromatic carbocycles. The van der Waals surface area contributed by atoms with Crippen LogP contribution in [0.4, 0.5) is 11.4 Å². The SMILES string of the molecule is CC=C1CC2C=Nc3cc(OCc4cc(OCCN(CCOCCOCCN(C)CC(C)(C)SC)CCN(C)C)cc(COc5cc6c(cc5OC)C(=O)N5CC(=CC)CC5C=N6)n4)c(OC)cc3CN2C1. The maximum Gasteiger partial charge on any atom is 0.257 e. The first kappa shape index (κ1) is 54.8. The molecule has 4 aliphatic heterocycles. The maximum atomic E-state index is 13.8. The summed E-state index contributed by atoms with van der Waals surface area (Å²) in [6.07, 6.45) is 12.1. The predicted octanol–water partition coefficient (Wildman–Crippen LogP) is 7.72. The molecule has 0 bridgehead atoms. The number of aromatic nitrogens is 1. The van der Waals surface area contributed by atoms with Gasteiger partial charge in [-0.2, -0.15) is 11.8 Å². The van der Waals surface area contributed by atoms with Gasteiger partial charge in [0.2, 0.25) is 0 Å². The van der Waals surface area contributed by atoms with Crippen molar-refractivity contribution < 1.29 is 38.0 Å². The van der Waals surface area contributed by atoms with E-state index in [2.05, 4.69) is 86.1 Å². The van der Waals surface area contributed by atoms with Gasteiger partial charge >= 0.3 is 0 Å². The average molecular weight is 1010 g/mol. The molecular weight excluding hydrogens is 933 g/mol. The van der Waals surface area contributed by atoms with Gasteiger partial charge in [-0.15, -0.1) is 0 Å². The van der Waals surface area contributed by atoms with Gasteiger partial charge in [0.25, 0.3) is 5.91 Å². The number of rotatable bonds is 27. The number of ether oxygens (including phenoxy) is 7. The number of fused-ring (bicyclic) bond motifs is 4. The van der Waals surface area contributed by atoms with Gasteiger partial charge in [0.15, 0.2) is 23.0 Å². The first-order chi connectivity index (χ1) is 34.8. The Kier molecular flexibility index (Phi) is 20.0. The number of hydrogen-bond acceptors (Lipinski definition) is 16. The molecule has 72 heavy (non-hydrogen) atoms. The first-order valence-corrected chi connectivity index (χ1v) is 26.5. The van der Waals surface area contributed by atoms with Crippen molar-refractivity contribution in [1.82, 2.24) is 29.5 Å². The number of nitrogens with zero attached hydrogens (tertiary/aromatic N) is 8. The summed E-state index contributed by atoms with van der Waals surface area (Å²) in [6, 6.07) is 11.5. The Labute approximate surface area is 432 Å². The Morgan fingerprint density at radius 3 is 1.97 bits per heavy atom. The van der Waals surface area contributed by atoms with Crippen molar-refractivity contribution in [3.63, 3.8) is 0 Å². The lowest BCUT2D eigenvalue weighted by atomic mass is 10.1. The highest BCUT2D eigenvalue weighted by molar-refractivity contribution is 7.99. The second-order valence-electron chi connectivity index (χ2n) is 19.8. The number of amides is 1. The van der Waals surface area contributed by atoms with Crippen molar-refractivity contribution in [2.24, 2.45) is 9.98 Å². The third-order valence-electron chi connectivity index (χ3n) is 13.6. The van der Waals surface area contributed by atoms with Gasteiger partial charge in [0.05, 0.1) is 75.0 Å². The van der Waals surface area contributed by atoms with E-state index >= 15 is 0 Å². The molecule has 0 saturated carbocycles. The molecule has 3 aromatic rings. The summed E-state index contributed by atoms with van der Waals surface area (Å²) < 4.78 is 43.3. The summed E-state index contributed by atoms with van der Waals surface area (Å²) in [5.41, 5.74) is 6.90. The molecule has 7 rings (SSSR count). The Bertz CT molecular complexity index is 2430. The molecule has 17 heteroatoms. The van der Waals surface area contributed by atoms with E-state index in [4.69, 9.17) is 48.1 Å². The first-order valence-electron chi connectivity index (χ1n) is 25.3. The molecule has 1 aromatic heterocycles. The van der Waals surface area contributed by atoms with Crippen molar-refractivity contribution in [3.8, 4) is 28.7 Å². The van der Waals surface area contributed by atoms with E-state index in [1.807, 2.05) is 54.1 Å². The zero-order valence-corrected chi connectivity index (χ0v) is 45.2. The number of likely N-dealkylation sites (N-methyl/N-ethyl adjacent to an activating group) is 2. The second-order valence-corrected chi connectivity index (χ2v) is 21.3. The number of methoxy groups -OCH3 is 2. The monoisotopic (exact) mass is 1010 g/mol. The van der Waals surface area contributed by atoms with Crippen LogP contribution in [0.25, 0.3) is 0 Å². The van der Waals surface area contributed by atoms with E-state index in [0.717, 1.165) is 69.9 Å². The number of carbonyl (C=O) groups excluding carboxylic acids is 1. The van der Waals surface area contributed by atoms with Crippen LogP contribution in [0.1, 0.15) is 67.8 Å². The fraction of sp³-hybridized carbons (Fsp3) is 0.564. The lowest BCUT2D eigenvalue weighted by Gasteiger charge is -2.28. The molecular formula is C55H78N8O8S. The van der Waals surface area contributed by atoms with E-state index < -0.39 is 0 Å². The molecule has 0 N–H and O–H groups in total. The highest BCUT2D eigenvalue weighted by atomic mass is 32.2. The van der Waals surface area contributed by atoms with Crippen LogP contribution in [-0.4, -0.2) is 192 Å². The van der Waals surface area contributed by atoms with Crippen molar-refractivity contribution in [2.75, 3.05) is 127 Å². The summed E-state index contributed by atoms with van der Waals surface area (Å²) in [5.74, 6) is 2.64. The minimum Gasteiger partial charge on any atom is -0.493 e. The van der Waals surface area contributed by atoms with Crippen molar-refractivity contribution in [2.45, 2.75) is 77.1 Å². The van der Waals surface area contributed by atoms with Crippen LogP contribution in [0.3, 0.4) is 0 Å². The van der Waals surface area contributed by atoms with Gasteiger partial charge in [-0.3, -0.25) is 29.6 Å². The van der Waals surface area contributed by atoms with Crippen LogP contribution in [-0.2, 0) is 29.2 Å². The summed E-state index contributed by atoms with van der Waals surface area (Å²) in [4.78, 5) is 39.6. The summed E-state index contributed by atoms with van der Waals surface area (Å²) >= 11 is 1.88. The quantitative estimate of drug-likeness (QED) is 0.0545. The van der Waals surface area contributed by atoms with E-state index in [-0.39, 0.29) is 36.0 Å². The Hall–Kier alpha value is -5.01. The van der Waals surface area contributed by atoms with E-state index in [0.29, 0.717) is 97.5 Å². The largest absolute Gasteiger partial charge is 0.493 e. The lowest BCUT2D eigenvalue weighted by Crippen LogP contribution is -2.37. The molecule has 2 atom stereocenters. The van der Waals surface area contributed by atoms with Crippen LogP contribution in [0.5, 0.6) is 28.7 Å². The number of aliphatic imine (C=N–C) groups is 2. The number of benzene rings is 2. The molecule has 392 valence electrons. The van der Waals surface area contributed by atoms with Crippen LogP contribution < -0.4 is 23.7 Å². The third-order valence-corrected chi connectivity index (χ3v) is 14.9.